The molecule has 30 heavy (non-hydrogen) atoms. The lowest BCUT2D eigenvalue weighted by atomic mass is 10.1. The molecular weight excluding hydrogens is 394 g/mol. The van der Waals surface area contributed by atoms with Crippen molar-refractivity contribution in [2.45, 2.75) is 6.92 Å². The maximum absolute atomic E-state index is 12.5. The first-order valence-corrected chi connectivity index (χ1v) is 9.73. The third kappa shape index (κ3) is 6.39. The van der Waals surface area contributed by atoms with Crippen LogP contribution in [0.4, 0.5) is 11.4 Å². The van der Waals surface area contributed by atoms with Crippen molar-refractivity contribution in [3.8, 4) is 0 Å². The molecule has 0 aliphatic carbocycles. The number of carbonyl (C=O) groups is 2. The van der Waals surface area contributed by atoms with Crippen LogP contribution in [0.1, 0.15) is 21.5 Å². The Bertz CT molecular complexity index is 1090. The maximum Gasteiger partial charge on any atom is 0.255 e. The second kappa shape index (κ2) is 10.1. The van der Waals surface area contributed by atoms with E-state index in [9.17, 15) is 9.59 Å². The Morgan fingerprint density at radius 1 is 0.833 bits per heavy atom. The van der Waals surface area contributed by atoms with Crippen LogP contribution in [-0.4, -0.2) is 16.9 Å². The Balaban J connectivity index is 1.57. The quantitative estimate of drug-likeness (QED) is 0.415. The standard InChI is InChI=1S/C24H21N3O2S/c1-17-7-5-11-20(15-17)25-23(29)19-10-6-12-21(16-19)26-24(30)27-22(28)14-13-18-8-3-2-4-9-18/h2-16H,1H3,(H,25,29)(H2,26,27,28,30)/b14-13+. The SMILES string of the molecule is Cc1cccc(NC(=O)c2cccc(NC(=S)NC(=O)/C=C/c3ccccc3)c2)c1. The lowest BCUT2D eigenvalue weighted by Gasteiger charge is -2.10. The number of hydrogen-bond donors (Lipinski definition) is 3. The number of thiocarbonyl (C=S) groups is 1. The van der Waals surface area contributed by atoms with Crippen LogP contribution in [0.25, 0.3) is 6.08 Å². The highest BCUT2D eigenvalue weighted by atomic mass is 32.1. The van der Waals surface area contributed by atoms with Gasteiger partial charge in [0.2, 0.25) is 5.91 Å². The molecule has 5 nitrogen and oxygen atoms in total. The fraction of sp³-hybridized carbons (Fsp3) is 0.0417. The van der Waals surface area contributed by atoms with E-state index in [1.54, 1.807) is 30.3 Å². The van der Waals surface area contributed by atoms with Crippen molar-refractivity contribution in [2.75, 3.05) is 10.6 Å². The summed E-state index contributed by atoms with van der Waals surface area (Å²) in [6, 6.07) is 24.0. The van der Waals surface area contributed by atoms with Gasteiger partial charge in [-0.2, -0.15) is 0 Å². The number of hydrogen-bond acceptors (Lipinski definition) is 3. The van der Waals surface area contributed by atoms with E-state index < -0.39 is 0 Å². The van der Waals surface area contributed by atoms with Gasteiger partial charge in [0.15, 0.2) is 5.11 Å². The number of carbonyl (C=O) groups excluding carboxylic acids is 2. The minimum Gasteiger partial charge on any atom is -0.332 e. The first kappa shape index (κ1) is 21.0. The molecule has 0 bridgehead atoms. The van der Waals surface area contributed by atoms with Gasteiger partial charge in [-0.3, -0.25) is 14.9 Å². The van der Waals surface area contributed by atoms with Crippen molar-refractivity contribution in [3.05, 3.63) is 102 Å². The summed E-state index contributed by atoms with van der Waals surface area (Å²) in [7, 11) is 0. The van der Waals surface area contributed by atoms with Crippen LogP contribution in [0.3, 0.4) is 0 Å². The third-order valence-corrected chi connectivity index (χ3v) is 4.33. The zero-order valence-electron chi connectivity index (χ0n) is 16.4. The van der Waals surface area contributed by atoms with Gasteiger partial charge >= 0.3 is 0 Å². The van der Waals surface area contributed by atoms with Gasteiger partial charge < -0.3 is 10.6 Å². The Morgan fingerprint density at radius 3 is 2.27 bits per heavy atom. The summed E-state index contributed by atoms with van der Waals surface area (Å²) in [6.45, 7) is 1.96. The minimum atomic E-state index is -0.343. The molecule has 6 heteroatoms. The van der Waals surface area contributed by atoms with Gasteiger partial charge in [-0.1, -0.05) is 48.5 Å². The average Bonchev–Trinajstić information content (AvgIpc) is 2.73. The van der Waals surface area contributed by atoms with E-state index in [0.29, 0.717) is 11.3 Å². The predicted molar refractivity (Wildman–Crippen MR) is 125 cm³/mol. The number of nitrogens with one attached hydrogen (secondary N) is 3. The summed E-state index contributed by atoms with van der Waals surface area (Å²) in [5, 5.41) is 8.53. The number of amides is 2. The van der Waals surface area contributed by atoms with Gasteiger partial charge in [-0.15, -0.1) is 0 Å². The monoisotopic (exact) mass is 415 g/mol. The molecule has 0 radical (unpaired) electrons. The molecule has 0 spiro atoms. The van der Waals surface area contributed by atoms with Crippen molar-refractivity contribution in [1.82, 2.24) is 5.32 Å². The normalized spacial score (nSPS) is 10.4. The van der Waals surface area contributed by atoms with Crippen LogP contribution in [0, 0.1) is 6.92 Å². The van der Waals surface area contributed by atoms with E-state index in [1.165, 1.54) is 6.08 Å². The summed E-state index contributed by atoms with van der Waals surface area (Å²) in [5.74, 6) is -0.574. The van der Waals surface area contributed by atoms with Gasteiger partial charge in [0, 0.05) is 23.0 Å². The van der Waals surface area contributed by atoms with Crippen LogP contribution >= 0.6 is 12.2 Å². The lowest BCUT2D eigenvalue weighted by Crippen LogP contribution is -2.32. The van der Waals surface area contributed by atoms with E-state index in [2.05, 4.69) is 16.0 Å². The molecule has 0 atom stereocenters. The molecule has 0 saturated carbocycles. The highest BCUT2D eigenvalue weighted by Gasteiger charge is 2.08. The fourth-order valence-electron chi connectivity index (χ4n) is 2.72. The van der Waals surface area contributed by atoms with Crippen molar-refractivity contribution < 1.29 is 9.59 Å². The molecule has 0 unspecified atom stereocenters. The van der Waals surface area contributed by atoms with E-state index in [0.717, 1.165) is 16.8 Å². The predicted octanol–water partition coefficient (Wildman–Crippen LogP) is 4.77. The van der Waals surface area contributed by atoms with Gasteiger partial charge in [0.05, 0.1) is 0 Å². The van der Waals surface area contributed by atoms with Crippen LogP contribution < -0.4 is 16.0 Å². The van der Waals surface area contributed by atoms with Crippen molar-refractivity contribution in [2.24, 2.45) is 0 Å². The van der Waals surface area contributed by atoms with Gasteiger partial charge in [0.25, 0.3) is 5.91 Å². The smallest absolute Gasteiger partial charge is 0.255 e. The Hall–Kier alpha value is -3.77. The molecule has 3 rings (SSSR count). The molecule has 0 fully saturated rings. The number of benzene rings is 3. The zero-order valence-corrected chi connectivity index (χ0v) is 17.2. The molecular formula is C24H21N3O2S. The fourth-order valence-corrected chi connectivity index (χ4v) is 2.93. The summed E-state index contributed by atoms with van der Waals surface area (Å²) in [5.41, 5.74) is 3.78. The topological polar surface area (TPSA) is 70.2 Å². The minimum absolute atomic E-state index is 0.147. The van der Waals surface area contributed by atoms with Gasteiger partial charge in [-0.05, 0) is 66.7 Å². The summed E-state index contributed by atoms with van der Waals surface area (Å²) in [6.07, 6.45) is 3.11. The van der Waals surface area contributed by atoms with Crippen LogP contribution in [0.2, 0.25) is 0 Å². The van der Waals surface area contributed by atoms with Crippen molar-refractivity contribution in [1.29, 1.82) is 0 Å². The highest BCUT2D eigenvalue weighted by Crippen LogP contribution is 2.15. The van der Waals surface area contributed by atoms with Crippen molar-refractivity contribution in [3.63, 3.8) is 0 Å². The number of rotatable bonds is 5. The Labute approximate surface area is 180 Å². The van der Waals surface area contributed by atoms with Crippen LogP contribution in [0.5, 0.6) is 0 Å². The molecule has 2 amide bonds. The average molecular weight is 416 g/mol. The Morgan fingerprint density at radius 2 is 1.53 bits per heavy atom. The first-order valence-electron chi connectivity index (χ1n) is 9.33. The highest BCUT2D eigenvalue weighted by molar-refractivity contribution is 7.80. The number of aryl methyl sites for hydroxylation is 1. The molecule has 0 saturated heterocycles. The lowest BCUT2D eigenvalue weighted by molar-refractivity contribution is -0.115. The molecule has 3 aromatic carbocycles. The van der Waals surface area contributed by atoms with Gasteiger partial charge in [0.1, 0.15) is 0 Å². The summed E-state index contributed by atoms with van der Waals surface area (Å²) in [4.78, 5) is 24.5. The van der Waals surface area contributed by atoms with E-state index >= 15 is 0 Å². The molecule has 150 valence electrons. The van der Waals surface area contributed by atoms with Crippen LogP contribution in [-0.2, 0) is 4.79 Å². The van der Waals surface area contributed by atoms with Crippen LogP contribution in [0.15, 0.2) is 84.9 Å². The third-order valence-electron chi connectivity index (χ3n) is 4.12. The zero-order chi connectivity index (χ0) is 21.3. The second-order valence-electron chi connectivity index (χ2n) is 6.59. The Kier molecular flexibility index (Phi) is 7.08. The number of anilines is 2. The molecule has 0 aliphatic rings. The molecule has 3 aromatic rings. The molecule has 0 aliphatic heterocycles. The van der Waals surface area contributed by atoms with E-state index in [1.807, 2.05) is 61.5 Å². The summed E-state index contributed by atoms with van der Waals surface area (Å²) >= 11 is 5.19. The van der Waals surface area contributed by atoms with Crippen molar-refractivity contribution >= 4 is 46.6 Å². The van der Waals surface area contributed by atoms with E-state index in [-0.39, 0.29) is 16.9 Å². The molecule has 3 N–H and O–H groups in total. The molecule has 0 heterocycles. The van der Waals surface area contributed by atoms with Gasteiger partial charge in [-0.25, -0.2) is 0 Å². The van der Waals surface area contributed by atoms with E-state index in [4.69, 9.17) is 12.2 Å². The maximum atomic E-state index is 12.5. The first-order chi connectivity index (χ1) is 14.5. The second-order valence-corrected chi connectivity index (χ2v) is 7.00. The molecule has 0 aromatic heterocycles. The largest absolute Gasteiger partial charge is 0.332 e. The summed E-state index contributed by atoms with van der Waals surface area (Å²) < 4.78 is 0.